The van der Waals surface area contributed by atoms with E-state index in [1.54, 1.807) is 12.1 Å². The number of likely N-dealkylation sites (N-methyl/N-ethyl adjacent to an activating group) is 1. The molecule has 1 aromatic rings. The number of hydrogen-bond donors (Lipinski definition) is 2. The van der Waals surface area contributed by atoms with Crippen molar-refractivity contribution in [3.8, 4) is 11.8 Å². The van der Waals surface area contributed by atoms with E-state index in [1.807, 2.05) is 7.05 Å². The average Bonchev–Trinajstić information content (AvgIpc) is 2.89. The highest BCUT2D eigenvalue weighted by atomic mass is 32.2. The smallest absolute Gasteiger partial charge is 0.240 e. The minimum atomic E-state index is -3.48. The molecule has 1 heterocycles. The highest BCUT2D eigenvalue weighted by Gasteiger charge is 2.23. The molecule has 1 fully saturated rings. The van der Waals surface area contributed by atoms with E-state index in [2.05, 4.69) is 21.5 Å². The molecule has 21 heavy (non-hydrogen) atoms. The lowest BCUT2D eigenvalue weighted by Gasteiger charge is -2.19. The zero-order chi connectivity index (χ0) is 15.3. The van der Waals surface area contributed by atoms with Crippen LogP contribution < -0.4 is 4.72 Å². The van der Waals surface area contributed by atoms with Crippen molar-refractivity contribution in [1.29, 1.82) is 0 Å². The summed E-state index contributed by atoms with van der Waals surface area (Å²) >= 11 is 0. The molecule has 5 nitrogen and oxygen atoms in total. The van der Waals surface area contributed by atoms with Crippen LogP contribution >= 0.6 is 0 Å². The maximum absolute atomic E-state index is 12.2. The van der Waals surface area contributed by atoms with Gasteiger partial charge in [0.2, 0.25) is 10.0 Å². The monoisotopic (exact) mass is 308 g/mol. The minimum absolute atomic E-state index is 0.212. The van der Waals surface area contributed by atoms with Crippen molar-refractivity contribution < 1.29 is 13.5 Å². The summed E-state index contributed by atoms with van der Waals surface area (Å²) in [5, 5.41) is 8.62. The standard InChI is InChI=1S/C15H20N2O3S/c1-17-10-2-5-14(17)12-16-21(19,20)15-8-6-13(7-9-15)4-3-11-18/h6-9,14,16,18H,2,5,10-12H2,1H3. The maximum atomic E-state index is 12.2. The van der Waals surface area contributed by atoms with Gasteiger partial charge in [-0.15, -0.1) is 0 Å². The predicted octanol–water partition coefficient (Wildman–Crippen LogP) is 0.403. The molecule has 1 atom stereocenters. The first kappa shape index (κ1) is 16.0. The van der Waals surface area contributed by atoms with Crippen LogP contribution in [-0.2, 0) is 10.0 Å². The molecule has 0 radical (unpaired) electrons. The summed E-state index contributed by atoms with van der Waals surface area (Å²) in [7, 11) is -1.47. The van der Waals surface area contributed by atoms with Crippen molar-refractivity contribution in [3.05, 3.63) is 29.8 Å². The Kier molecular flexibility index (Phi) is 5.37. The van der Waals surface area contributed by atoms with Crippen LogP contribution in [0.25, 0.3) is 0 Å². The van der Waals surface area contributed by atoms with Gasteiger partial charge in [0.15, 0.2) is 0 Å². The molecule has 1 unspecified atom stereocenters. The number of sulfonamides is 1. The Bertz CT molecular complexity index is 629. The van der Waals surface area contributed by atoms with Crippen LogP contribution in [0, 0.1) is 11.8 Å². The molecule has 1 aliphatic rings. The third kappa shape index (κ3) is 4.29. The molecule has 0 saturated carbocycles. The summed E-state index contributed by atoms with van der Waals surface area (Å²) in [6.45, 7) is 1.24. The first-order valence-corrected chi connectivity index (χ1v) is 8.41. The van der Waals surface area contributed by atoms with Crippen molar-refractivity contribution in [2.24, 2.45) is 0 Å². The molecule has 2 rings (SSSR count). The third-order valence-corrected chi connectivity index (χ3v) is 5.10. The van der Waals surface area contributed by atoms with E-state index in [-0.39, 0.29) is 17.5 Å². The second-order valence-corrected chi connectivity index (χ2v) is 6.88. The fourth-order valence-corrected chi connectivity index (χ4v) is 3.46. The zero-order valence-electron chi connectivity index (χ0n) is 12.0. The number of nitrogens with zero attached hydrogens (tertiary/aromatic N) is 1. The first-order chi connectivity index (χ1) is 10.0. The van der Waals surface area contributed by atoms with Crippen LogP contribution in [0.1, 0.15) is 18.4 Å². The second-order valence-electron chi connectivity index (χ2n) is 5.11. The maximum Gasteiger partial charge on any atom is 0.240 e. The quantitative estimate of drug-likeness (QED) is 0.790. The first-order valence-electron chi connectivity index (χ1n) is 6.92. The van der Waals surface area contributed by atoms with Gasteiger partial charge < -0.3 is 10.0 Å². The van der Waals surface area contributed by atoms with Gasteiger partial charge in [-0.2, -0.15) is 0 Å². The van der Waals surface area contributed by atoms with Crippen LogP contribution in [0.5, 0.6) is 0 Å². The second kappa shape index (κ2) is 7.05. The number of likely N-dealkylation sites (tertiary alicyclic amines) is 1. The molecular weight excluding hydrogens is 288 g/mol. The molecule has 2 N–H and O–H groups in total. The number of nitrogens with one attached hydrogen (secondary N) is 1. The van der Waals surface area contributed by atoms with Gasteiger partial charge in [0.05, 0.1) is 4.90 Å². The number of aliphatic hydroxyl groups is 1. The van der Waals surface area contributed by atoms with Crippen molar-refractivity contribution in [1.82, 2.24) is 9.62 Å². The van der Waals surface area contributed by atoms with Crippen LogP contribution in [0.4, 0.5) is 0 Å². The van der Waals surface area contributed by atoms with E-state index in [1.165, 1.54) is 12.1 Å². The van der Waals surface area contributed by atoms with Crippen molar-refractivity contribution >= 4 is 10.0 Å². The highest BCUT2D eigenvalue weighted by Crippen LogP contribution is 2.15. The van der Waals surface area contributed by atoms with Gasteiger partial charge in [0.25, 0.3) is 0 Å². The van der Waals surface area contributed by atoms with Crippen molar-refractivity contribution in [2.45, 2.75) is 23.8 Å². The summed E-state index contributed by atoms with van der Waals surface area (Å²) in [6.07, 6.45) is 2.13. The Labute approximate surface area is 126 Å². The lowest BCUT2D eigenvalue weighted by molar-refractivity contribution is 0.311. The van der Waals surface area contributed by atoms with Gasteiger partial charge >= 0.3 is 0 Å². The summed E-state index contributed by atoms with van der Waals surface area (Å²) in [6, 6.07) is 6.61. The van der Waals surface area contributed by atoms with E-state index in [9.17, 15) is 8.42 Å². The molecule has 0 aliphatic carbocycles. The van der Waals surface area contributed by atoms with Gasteiger partial charge in [-0.1, -0.05) is 11.8 Å². The molecule has 1 saturated heterocycles. The summed E-state index contributed by atoms with van der Waals surface area (Å²) < 4.78 is 27.1. The largest absolute Gasteiger partial charge is 0.384 e. The Hall–Kier alpha value is -1.39. The minimum Gasteiger partial charge on any atom is -0.384 e. The SMILES string of the molecule is CN1CCCC1CNS(=O)(=O)c1ccc(C#CCO)cc1. The van der Waals surface area contributed by atoms with E-state index in [0.29, 0.717) is 12.1 Å². The summed E-state index contributed by atoms with van der Waals surface area (Å²) in [5.41, 5.74) is 0.679. The van der Waals surface area contributed by atoms with Crippen molar-refractivity contribution in [2.75, 3.05) is 26.7 Å². The Morgan fingerprint density at radius 3 is 2.67 bits per heavy atom. The molecule has 1 aliphatic heterocycles. The Balaban J connectivity index is 2.01. The molecule has 0 bridgehead atoms. The molecule has 0 spiro atoms. The van der Waals surface area contributed by atoms with E-state index >= 15 is 0 Å². The van der Waals surface area contributed by atoms with Gasteiger partial charge in [-0.3, -0.25) is 0 Å². The summed E-state index contributed by atoms with van der Waals surface area (Å²) in [5.74, 6) is 5.26. The molecule has 0 amide bonds. The molecule has 1 aromatic carbocycles. The third-order valence-electron chi connectivity index (χ3n) is 3.66. The van der Waals surface area contributed by atoms with Crippen LogP contribution in [-0.4, -0.2) is 51.2 Å². The molecule has 0 aromatic heterocycles. The fourth-order valence-electron chi connectivity index (χ4n) is 2.39. The average molecular weight is 308 g/mol. The van der Waals surface area contributed by atoms with E-state index in [0.717, 1.165) is 19.4 Å². The normalized spacial score (nSPS) is 19.2. The van der Waals surface area contributed by atoms with Gasteiger partial charge in [-0.05, 0) is 50.7 Å². The molecule has 6 heteroatoms. The van der Waals surface area contributed by atoms with E-state index in [4.69, 9.17) is 5.11 Å². The number of rotatable bonds is 4. The lowest BCUT2D eigenvalue weighted by atomic mass is 10.2. The number of hydrogen-bond acceptors (Lipinski definition) is 4. The van der Waals surface area contributed by atoms with Crippen LogP contribution in [0.2, 0.25) is 0 Å². The summed E-state index contributed by atoms with van der Waals surface area (Å²) in [4.78, 5) is 2.41. The number of benzene rings is 1. The van der Waals surface area contributed by atoms with Crippen LogP contribution in [0.3, 0.4) is 0 Å². The highest BCUT2D eigenvalue weighted by molar-refractivity contribution is 7.89. The topological polar surface area (TPSA) is 69.6 Å². The Morgan fingerprint density at radius 1 is 1.38 bits per heavy atom. The Morgan fingerprint density at radius 2 is 2.10 bits per heavy atom. The van der Waals surface area contributed by atoms with E-state index < -0.39 is 10.0 Å². The zero-order valence-corrected chi connectivity index (χ0v) is 12.9. The van der Waals surface area contributed by atoms with Gasteiger partial charge in [0, 0.05) is 18.2 Å². The number of aliphatic hydroxyl groups excluding tert-OH is 1. The van der Waals surface area contributed by atoms with Gasteiger partial charge in [0.1, 0.15) is 6.61 Å². The molecule has 114 valence electrons. The van der Waals surface area contributed by atoms with Crippen LogP contribution in [0.15, 0.2) is 29.2 Å². The fraction of sp³-hybridized carbons (Fsp3) is 0.467. The van der Waals surface area contributed by atoms with Gasteiger partial charge in [-0.25, -0.2) is 13.1 Å². The van der Waals surface area contributed by atoms with Crippen molar-refractivity contribution in [3.63, 3.8) is 0 Å². The predicted molar refractivity (Wildman–Crippen MR) is 81.2 cm³/mol. The lowest BCUT2D eigenvalue weighted by Crippen LogP contribution is -2.38. The molecular formula is C15H20N2O3S.